The van der Waals surface area contributed by atoms with Gasteiger partial charge in [-0.3, -0.25) is 0 Å². The van der Waals surface area contributed by atoms with Crippen molar-refractivity contribution in [3.63, 3.8) is 0 Å². The zero-order valence-corrected chi connectivity index (χ0v) is 14.3. The minimum absolute atomic E-state index is 0.556. The summed E-state index contributed by atoms with van der Waals surface area (Å²) in [5.41, 5.74) is 3.50. The molecule has 2 aromatic carbocycles. The maximum atomic E-state index is 5.00. The number of anilines is 1. The molecule has 1 aliphatic rings. The maximum absolute atomic E-state index is 5.00. The summed E-state index contributed by atoms with van der Waals surface area (Å²) < 4.78 is 0. The number of fused-ring (bicyclic) bond motifs is 1. The van der Waals surface area contributed by atoms with Crippen LogP contribution in [0, 0.1) is 6.92 Å². The Hall–Kier alpha value is -2.35. The molecule has 1 aliphatic carbocycles. The lowest BCUT2D eigenvalue weighted by molar-refractivity contribution is 0.462. The Balaban J connectivity index is 1.80. The summed E-state index contributed by atoms with van der Waals surface area (Å²) in [6, 6.07) is 19.9. The summed E-state index contributed by atoms with van der Waals surface area (Å²) in [5.74, 6) is 1.04. The topological polar surface area (TPSA) is 24.9 Å². The number of nitrogens with zero attached hydrogens (tertiary/aromatic N) is 1. The van der Waals surface area contributed by atoms with Gasteiger partial charge in [-0.05, 0) is 37.3 Å². The molecule has 0 spiro atoms. The molecule has 0 amide bonds. The van der Waals surface area contributed by atoms with Crippen LogP contribution in [0.3, 0.4) is 0 Å². The van der Waals surface area contributed by atoms with E-state index in [2.05, 4.69) is 66.8 Å². The van der Waals surface area contributed by atoms with Gasteiger partial charge >= 0.3 is 0 Å². The Morgan fingerprint density at radius 1 is 0.917 bits per heavy atom. The number of hydrogen-bond donors (Lipinski definition) is 1. The quantitative estimate of drug-likeness (QED) is 0.645. The number of aromatic nitrogens is 1. The summed E-state index contributed by atoms with van der Waals surface area (Å²) in [4.78, 5) is 5.00. The van der Waals surface area contributed by atoms with Crippen molar-refractivity contribution < 1.29 is 0 Å². The Labute approximate surface area is 143 Å². The SMILES string of the molecule is Cc1ccc2cc(-c3ccccc3)nc(NC3CCCCC3)c2c1. The molecule has 3 aromatic rings. The summed E-state index contributed by atoms with van der Waals surface area (Å²) in [6.07, 6.45) is 6.53. The summed E-state index contributed by atoms with van der Waals surface area (Å²) >= 11 is 0. The normalized spacial score (nSPS) is 15.5. The Bertz CT molecular complexity index is 833. The first-order valence-corrected chi connectivity index (χ1v) is 9.03. The van der Waals surface area contributed by atoms with Gasteiger partial charge in [0.1, 0.15) is 5.82 Å². The molecule has 1 N–H and O–H groups in total. The number of hydrogen-bond acceptors (Lipinski definition) is 2. The molecule has 0 bridgehead atoms. The third-order valence-corrected chi connectivity index (χ3v) is 5.00. The lowest BCUT2D eigenvalue weighted by atomic mass is 9.95. The van der Waals surface area contributed by atoms with Gasteiger partial charge in [0.2, 0.25) is 0 Å². The van der Waals surface area contributed by atoms with Crippen molar-refractivity contribution in [3.8, 4) is 11.3 Å². The van der Waals surface area contributed by atoms with Crippen molar-refractivity contribution in [2.45, 2.75) is 45.1 Å². The van der Waals surface area contributed by atoms with E-state index in [1.807, 2.05) is 0 Å². The van der Waals surface area contributed by atoms with E-state index >= 15 is 0 Å². The van der Waals surface area contributed by atoms with Crippen LogP contribution in [0.15, 0.2) is 54.6 Å². The zero-order valence-electron chi connectivity index (χ0n) is 14.3. The fraction of sp³-hybridized carbons (Fsp3) is 0.318. The first-order valence-electron chi connectivity index (χ1n) is 9.03. The van der Waals surface area contributed by atoms with Crippen molar-refractivity contribution in [1.29, 1.82) is 0 Å². The van der Waals surface area contributed by atoms with Crippen molar-refractivity contribution in [2.24, 2.45) is 0 Å². The fourth-order valence-corrected chi connectivity index (χ4v) is 3.67. The predicted octanol–water partition coefficient (Wildman–Crippen LogP) is 5.95. The first kappa shape index (κ1) is 15.2. The summed E-state index contributed by atoms with van der Waals surface area (Å²) in [6.45, 7) is 2.15. The zero-order chi connectivity index (χ0) is 16.4. The van der Waals surface area contributed by atoms with E-state index in [1.165, 1.54) is 54.0 Å². The lowest BCUT2D eigenvalue weighted by Gasteiger charge is -2.24. The van der Waals surface area contributed by atoms with Crippen molar-refractivity contribution in [3.05, 3.63) is 60.2 Å². The molecule has 0 saturated heterocycles. The number of rotatable bonds is 3. The lowest BCUT2D eigenvalue weighted by Crippen LogP contribution is -2.23. The van der Waals surface area contributed by atoms with Crippen molar-refractivity contribution in [2.75, 3.05) is 5.32 Å². The average Bonchev–Trinajstić information content (AvgIpc) is 2.63. The molecule has 122 valence electrons. The van der Waals surface area contributed by atoms with E-state index in [9.17, 15) is 0 Å². The smallest absolute Gasteiger partial charge is 0.134 e. The highest BCUT2D eigenvalue weighted by atomic mass is 15.0. The van der Waals surface area contributed by atoms with E-state index in [1.54, 1.807) is 0 Å². The molecule has 0 unspecified atom stereocenters. The molecular weight excluding hydrogens is 292 g/mol. The second-order valence-corrected chi connectivity index (χ2v) is 6.93. The molecular formula is C22H24N2. The Kier molecular flexibility index (Phi) is 4.20. The van der Waals surface area contributed by atoms with Crippen LogP contribution >= 0.6 is 0 Å². The van der Waals surface area contributed by atoms with E-state index in [4.69, 9.17) is 4.98 Å². The number of nitrogens with one attached hydrogen (secondary N) is 1. The number of aryl methyl sites for hydroxylation is 1. The van der Waals surface area contributed by atoms with Gasteiger partial charge in [-0.25, -0.2) is 4.98 Å². The monoisotopic (exact) mass is 316 g/mol. The largest absolute Gasteiger partial charge is 0.367 e. The highest BCUT2D eigenvalue weighted by molar-refractivity contribution is 5.95. The molecule has 1 heterocycles. The average molecular weight is 316 g/mol. The van der Waals surface area contributed by atoms with Crippen LogP contribution < -0.4 is 5.32 Å². The van der Waals surface area contributed by atoms with Crippen LogP contribution in [0.25, 0.3) is 22.0 Å². The molecule has 2 nitrogen and oxygen atoms in total. The molecule has 1 aromatic heterocycles. The van der Waals surface area contributed by atoms with E-state index in [-0.39, 0.29) is 0 Å². The number of benzene rings is 2. The van der Waals surface area contributed by atoms with Crippen LogP contribution in [-0.4, -0.2) is 11.0 Å². The van der Waals surface area contributed by atoms with Gasteiger partial charge in [0, 0.05) is 17.0 Å². The second-order valence-electron chi connectivity index (χ2n) is 6.93. The van der Waals surface area contributed by atoms with Gasteiger partial charge in [-0.2, -0.15) is 0 Å². The molecule has 0 radical (unpaired) electrons. The van der Waals surface area contributed by atoms with Gasteiger partial charge in [-0.15, -0.1) is 0 Å². The second kappa shape index (κ2) is 6.64. The Morgan fingerprint density at radius 3 is 2.50 bits per heavy atom. The van der Waals surface area contributed by atoms with Gasteiger partial charge in [0.05, 0.1) is 5.69 Å². The van der Waals surface area contributed by atoms with Crippen molar-refractivity contribution in [1.82, 2.24) is 4.98 Å². The van der Waals surface area contributed by atoms with Gasteiger partial charge in [-0.1, -0.05) is 67.3 Å². The summed E-state index contributed by atoms with van der Waals surface area (Å²) in [5, 5.41) is 6.24. The third-order valence-electron chi connectivity index (χ3n) is 5.00. The summed E-state index contributed by atoms with van der Waals surface area (Å²) in [7, 11) is 0. The molecule has 0 aliphatic heterocycles. The van der Waals surface area contributed by atoms with Gasteiger partial charge in [0.15, 0.2) is 0 Å². The highest BCUT2D eigenvalue weighted by Gasteiger charge is 2.16. The molecule has 0 atom stereocenters. The van der Waals surface area contributed by atoms with Crippen molar-refractivity contribution >= 4 is 16.6 Å². The number of pyridine rings is 1. The predicted molar refractivity (Wildman–Crippen MR) is 102 cm³/mol. The molecule has 1 saturated carbocycles. The van der Waals surface area contributed by atoms with E-state index in [0.29, 0.717) is 6.04 Å². The Morgan fingerprint density at radius 2 is 1.71 bits per heavy atom. The van der Waals surface area contributed by atoms with E-state index in [0.717, 1.165) is 11.5 Å². The highest BCUT2D eigenvalue weighted by Crippen LogP contribution is 2.30. The minimum Gasteiger partial charge on any atom is -0.367 e. The third kappa shape index (κ3) is 3.14. The van der Waals surface area contributed by atoms with Gasteiger partial charge < -0.3 is 5.32 Å². The molecule has 2 heteroatoms. The van der Waals surface area contributed by atoms with Crippen LogP contribution in [0.5, 0.6) is 0 Å². The van der Waals surface area contributed by atoms with E-state index < -0.39 is 0 Å². The van der Waals surface area contributed by atoms with Crippen LogP contribution in [0.2, 0.25) is 0 Å². The van der Waals surface area contributed by atoms with Gasteiger partial charge in [0.25, 0.3) is 0 Å². The van der Waals surface area contributed by atoms with Crippen LogP contribution in [-0.2, 0) is 0 Å². The standard InChI is InChI=1S/C22H24N2/c1-16-12-13-18-15-21(17-8-4-2-5-9-17)24-22(20(18)14-16)23-19-10-6-3-7-11-19/h2,4-5,8-9,12-15,19H,3,6-7,10-11H2,1H3,(H,23,24). The van der Waals surface area contributed by atoms with Crippen LogP contribution in [0.4, 0.5) is 5.82 Å². The molecule has 4 rings (SSSR count). The first-order chi connectivity index (χ1) is 11.8. The minimum atomic E-state index is 0.556. The maximum Gasteiger partial charge on any atom is 0.134 e. The molecule has 24 heavy (non-hydrogen) atoms. The fourth-order valence-electron chi connectivity index (χ4n) is 3.67. The molecule has 1 fully saturated rings. The van der Waals surface area contributed by atoms with Crippen LogP contribution in [0.1, 0.15) is 37.7 Å².